The molecule has 1 N–H and O–H groups in total. The largest absolute Gasteiger partial charge is 0.423 e. The van der Waals surface area contributed by atoms with Crippen LogP contribution in [0.2, 0.25) is 0 Å². The molecule has 0 amide bonds. The Balaban J connectivity index is 2.04. The first-order chi connectivity index (χ1) is 8.78. The number of anilines is 2. The van der Waals surface area contributed by atoms with E-state index in [0.29, 0.717) is 5.75 Å². The molecule has 0 heterocycles. The highest BCUT2D eigenvalue weighted by Crippen LogP contribution is 2.19. The molecule has 0 unspecified atom stereocenters. The summed E-state index contributed by atoms with van der Waals surface area (Å²) in [4.78, 5) is 11.0. The number of rotatable bonds is 4. The van der Waals surface area contributed by atoms with Crippen LogP contribution in [-0.4, -0.2) is 5.97 Å². The number of esters is 1. The number of carbonyl (C=O) groups excluding carboxylic acids is 1. The fourth-order valence-electron chi connectivity index (χ4n) is 1.45. The van der Waals surface area contributed by atoms with Crippen LogP contribution in [0.25, 0.3) is 0 Å². The van der Waals surface area contributed by atoms with Gasteiger partial charge in [-0.25, -0.2) is 4.79 Å². The average Bonchev–Trinajstić information content (AvgIpc) is 2.42. The van der Waals surface area contributed by atoms with Gasteiger partial charge in [-0.3, -0.25) is 0 Å². The number of para-hydroxylation sites is 1. The van der Waals surface area contributed by atoms with Crippen molar-refractivity contribution in [3.8, 4) is 5.75 Å². The van der Waals surface area contributed by atoms with E-state index in [4.69, 9.17) is 4.74 Å². The minimum absolute atomic E-state index is 0.459. The zero-order chi connectivity index (χ0) is 12.8. The summed E-state index contributed by atoms with van der Waals surface area (Å²) in [5.74, 6) is 0.0391. The molecular weight excluding hydrogens is 226 g/mol. The van der Waals surface area contributed by atoms with Crippen LogP contribution in [0.1, 0.15) is 0 Å². The van der Waals surface area contributed by atoms with E-state index in [1.54, 1.807) is 12.1 Å². The minimum Gasteiger partial charge on any atom is -0.423 e. The van der Waals surface area contributed by atoms with Gasteiger partial charge in [0.15, 0.2) is 0 Å². The van der Waals surface area contributed by atoms with Crippen molar-refractivity contribution in [1.29, 1.82) is 0 Å². The first-order valence-electron chi connectivity index (χ1n) is 5.54. The van der Waals surface area contributed by atoms with Gasteiger partial charge in [-0.1, -0.05) is 24.8 Å². The fraction of sp³-hybridized carbons (Fsp3) is 0. The summed E-state index contributed by atoms with van der Waals surface area (Å²) in [6, 6.07) is 17.0. The maximum Gasteiger partial charge on any atom is 0.335 e. The third kappa shape index (κ3) is 3.22. The molecule has 18 heavy (non-hydrogen) atoms. The van der Waals surface area contributed by atoms with Crippen molar-refractivity contribution in [3.05, 3.63) is 67.3 Å². The van der Waals surface area contributed by atoms with Crippen LogP contribution in [0.15, 0.2) is 67.3 Å². The van der Waals surface area contributed by atoms with Crippen molar-refractivity contribution in [2.45, 2.75) is 0 Å². The Morgan fingerprint density at radius 1 is 1.00 bits per heavy atom. The topological polar surface area (TPSA) is 38.3 Å². The predicted molar refractivity (Wildman–Crippen MR) is 72.0 cm³/mol. The lowest BCUT2D eigenvalue weighted by atomic mass is 10.2. The first kappa shape index (κ1) is 11.9. The molecule has 90 valence electrons. The second kappa shape index (κ2) is 5.68. The van der Waals surface area contributed by atoms with Gasteiger partial charge in [-0.2, -0.15) is 0 Å². The van der Waals surface area contributed by atoms with Gasteiger partial charge in [0, 0.05) is 17.5 Å². The van der Waals surface area contributed by atoms with Gasteiger partial charge < -0.3 is 10.1 Å². The summed E-state index contributed by atoms with van der Waals surface area (Å²) in [7, 11) is 0. The molecule has 2 rings (SSSR count). The van der Waals surface area contributed by atoms with Crippen LogP contribution in [0.3, 0.4) is 0 Å². The summed E-state index contributed by atoms with van der Waals surface area (Å²) in [6.07, 6.45) is 1.14. The Kier molecular flexibility index (Phi) is 3.76. The van der Waals surface area contributed by atoms with Crippen molar-refractivity contribution in [2.75, 3.05) is 5.32 Å². The maximum absolute atomic E-state index is 11.0. The van der Waals surface area contributed by atoms with Gasteiger partial charge in [0.2, 0.25) is 0 Å². The molecule has 0 aliphatic carbocycles. The number of benzene rings is 2. The van der Waals surface area contributed by atoms with Crippen LogP contribution >= 0.6 is 0 Å². The van der Waals surface area contributed by atoms with Gasteiger partial charge >= 0.3 is 5.97 Å². The van der Waals surface area contributed by atoms with Crippen LogP contribution in [0.4, 0.5) is 11.4 Å². The highest BCUT2D eigenvalue weighted by molar-refractivity contribution is 5.83. The molecular formula is C15H13NO2. The van der Waals surface area contributed by atoms with Gasteiger partial charge in [-0.05, 0) is 36.4 Å². The standard InChI is InChI=1S/C15H13NO2/c1-2-15(17)18-14-10-8-13(9-11-14)16-12-6-4-3-5-7-12/h2-11,16H,1H2. The van der Waals surface area contributed by atoms with E-state index in [0.717, 1.165) is 17.5 Å². The van der Waals surface area contributed by atoms with Gasteiger partial charge in [-0.15, -0.1) is 0 Å². The molecule has 0 radical (unpaired) electrons. The van der Waals surface area contributed by atoms with Gasteiger partial charge in [0.05, 0.1) is 0 Å². The van der Waals surface area contributed by atoms with Crippen LogP contribution < -0.4 is 10.1 Å². The quantitative estimate of drug-likeness (QED) is 0.504. The Morgan fingerprint density at radius 3 is 2.22 bits per heavy atom. The molecule has 0 spiro atoms. The van der Waals surface area contributed by atoms with E-state index in [9.17, 15) is 4.79 Å². The molecule has 0 fully saturated rings. The second-order valence-corrected chi connectivity index (χ2v) is 3.64. The molecule has 3 heteroatoms. The number of ether oxygens (including phenoxy) is 1. The SMILES string of the molecule is C=CC(=O)Oc1ccc(Nc2ccccc2)cc1. The minimum atomic E-state index is -0.459. The molecule has 0 bridgehead atoms. The fourth-order valence-corrected chi connectivity index (χ4v) is 1.45. The van der Waals surface area contributed by atoms with Crippen molar-refractivity contribution < 1.29 is 9.53 Å². The van der Waals surface area contributed by atoms with E-state index in [1.165, 1.54) is 0 Å². The summed E-state index contributed by atoms with van der Waals surface area (Å²) in [5, 5.41) is 3.24. The molecule has 0 aromatic heterocycles. The molecule has 3 nitrogen and oxygen atoms in total. The molecule has 0 aliphatic heterocycles. The Labute approximate surface area is 106 Å². The Morgan fingerprint density at radius 2 is 1.61 bits per heavy atom. The summed E-state index contributed by atoms with van der Waals surface area (Å²) < 4.78 is 4.98. The number of hydrogen-bond donors (Lipinski definition) is 1. The molecule has 0 aliphatic rings. The molecule has 2 aromatic carbocycles. The molecule has 0 saturated heterocycles. The Hall–Kier alpha value is -2.55. The zero-order valence-corrected chi connectivity index (χ0v) is 9.80. The Bertz CT molecular complexity index is 532. The highest BCUT2D eigenvalue weighted by atomic mass is 16.5. The highest BCUT2D eigenvalue weighted by Gasteiger charge is 1.99. The number of nitrogens with one attached hydrogen (secondary N) is 1. The van der Waals surface area contributed by atoms with E-state index in [-0.39, 0.29) is 0 Å². The number of hydrogen-bond acceptors (Lipinski definition) is 3. The maximum atomic E-state index is 11.0. The van der Waals surface area contributed by atoms with Gasteiger partial charge in [0.25, 0.3) is 0 Å². The van der Waals surface area contributed by atoms with Crippen molar-refractivity contribution in [2.24, 2.45) is 0 Å². The van der Waals surface area contributed by atoms with E-state index < -0.39 is 5.97 Å². The monoisotopic (exact) mass is 239 g/mol. The van der Waals surface area contributed by atoms with Gasteiger partial charge in [0.1, 0.15) is 5.75 Å². The second-order valence-electron chi connectivity index (χ2n) is 3.64. The third-order valence-electron chi connectivity index (χ3n) is 2.30. The zero-order valence-electron chi connectivity index (χ0n) is 9.80. The number of carbonyl (C=O) groups is 1. The van der Waals surface area contributed by atoms with Crippen molar-refractivity contribution in [1.82, 2.24) is 0 Å². The molecule has 0 atom stereocenters. The molecule has 0 saturated carbocycles. The van der Waals surface area contributed by atoms with Crippen LogP contribution in [0.5, 0.6) is 5.75 Å². The smallest absolute Gasteiger partial charge is 0.335 e. The predicted octanol–water partition coefficient (Wildman–Crippen LogP) is 3.52. The lowest BCUT2D eigenvalue weighted by molar-refractivity contribution is -0.128. The van der Waals surface area contributed by atoms with Crippen LogP contribution in [0, 0.1) is 0 Å². The lowest BCUT2D eigenvalue weighted by Gasteiger charge is -2.07. The summed E-state index contributed by atoms with van der Waals surface area (Å²) >= 11 is 0. The summed E-state index contributed by atoms with van der Waals surface area (Å²) in [6.45, 7) is 3.34. The first-order valence-corrected chi connectivity index (χ1v) is 5.54. The van der Waals surface area contributed by atoms with E-state index in [2.05, 4.69) is 11.9 Å². The average molecular weight is 239 g/mol. The van der Waals surface area contributed by atoms with E-state index in [1.807, 2.05) is 42.5 Å². The summed E-state index contributed by atoms with van der Waals surface area (Å²) in [5.41, 5.74) is 1.94. The van der Waals surface area contributed by atoms with Crippen molar-refractivity contribution >= 4 is 17.3 Å². The normalized spacial score (nSPS) is 9.56. The molecule has 2 aromatic rings. The van der Waals surface area contributed by atoms with E-state index >= 15 is 0 Å². The van der Waals surface area contributed by atoms with Crippen molar-refractivity contribution in [3.63, 3.8) is 0 Å². The lowest BCUT2D eigenvalue weighted by Crippen LogP contribution is -2.02. The third-order valence-corrected chi connectivity index (χ3v) is 2.30. The van der Waals surface area contributed by atoms with Crippen LogP contribution in [-0.2, 0) is 4.79 Å².